The number of nitrogens with zero attached hydrogens (tertiary/aromatic N) is 1. The van der Waals surface area contributed by atoms with Crippen molar-refractivity contribution in [2.75, 3.05) is 11.9 Å². The van der Waals surface area contributed by atoms with Gasteiger partial charge in [-0.1, -0.05) is 37.3 Å². The highest BCUT2D eigenvalue weighted by atomic mass is 35.5. The maximum atomic E-state index is 13.4. The minimum atomic E-state index is -0.377. The summed E-state index contributed by atoms with van der Waals surface area (Å²) in [5.74, 6) is 0.819. The van der Waals surface area contributed by atoms with Gasteiger partial charge >= 0.3 is 0 Å². The Kier molecular flexibility index (Phi) is 4.60. The van der Waals surface area contributed by atoms with Crippen LogP contribution in [0.2, 0.25) is 5.02 Å². The molecule has 1 N–H and O–H groups in total. The SMILES string of the molecule is Fc1cc(Cl)cnc1NCCCC1CCCC1. The maximum absolute atomic E-state index is 13.4. The predicted molar refractivity (Wildman–Crippen MR) is 68.9 cm³/mol. The highest BCUT2D eigenvalue weighted by Crippen LogP contribution is 2.28. The lowest BCUT2D eigenvalue weighted by molar-refractivity contribution is 0.490. The second kappa shape index (κ2) is 6.20. The molecule has 1 aliphatic rings. The number of aromatic nitrogens is 1. The zero-order valence-electron chi connectivity index (χ0n) is 9.88. The van der Waals surface area contributed by atoms with E-state index in [4.69, 9.17) is 11.6 Å². The lowest BCUT2D eigenvalue weighted by Gasteiger charge is -2.10. The molecular weight excluding hydrogens is 239 g/mol. The van der Waals surface area contributed by atoms with Crippen LogP contribution < -0.4 is 5.32 Å². The topological polar surface area (TPSA) is 24.9 Å². The summed E-state index contributed by atoms with van der Waals surface area (Å²) < 4.78 is 13.4. The molecule has 0 saturated heterocycles. The van der Waals surface area contributed by atoms with E-state index in [1.807, 2.05) is 0 Å². The van der Waals surface area contributed by atoms with Crippen LogP contribution in [-0.2, 0) is 0 Å². The van der Waals surface area contributed by atoms with Gasteiger partial charge in [-0.2, -0.15) is 0 Å². The summed E-state index contributed by atoms with van der Waals surface area (Å²) in [6.07, 6.45) is 9.28. The van der Waals surface area contributed by atoms with Crippen LogP contribution in [0.25, 0.3) is 0 Å². The first-order valence-corrected chi connectivity index (χ1v) is 6.68. The van der Waals surface area contributed by atoms with Gasteiger partial charge in [0.1, 0.15) is 0 Å². The number of hydrogen-bond donors (Lipinski definition) is 1. The molecule has 0 aromatic carbocycles. The summed E-state index contributed by atoms with van der Waals surface area (Å²) in [6.45, 7) is 0.780. The van der Waals surface area contributed by atoms with Gasteiger partial charge in [-0.15, -0.1) is 0 Å². The zero-order valence-corrected chi connectivity index (χ0v) is 10.6. The number of hydrogen-bond acceptors (Lipinski definition) is 2. The van der Waals surface area contributed by atoms with Crippen molar-refractivity contribution in [2.24, 2.45) is 5.92 Å². The van der Waals surface area contributed by atoms with Gasteiger partial charge < -0.3 is 5.32 Å². The number of halogens is 2. The first kappa shape index (κ1) is 12.6. The third kappa shape index (κ3) is 3.84. The molecule has 0 bridgehead atoms. The second-order valence-electron chi connectivity index (χ2n) is 4.70. The van der Waals surface area contributed by atoms with Crippen LogP contribution in [0.15, 0.2) is 12.3 Å². The third-order valence-electron chi connectivity index (χ3n) is 3.36. The molecular formula is C13H18ClFN2. The van der Waals surface area contributed by atoms with Gasteiger partial charge in [0.2, 0.25) is 0 Å². The molecule has 4 heteroatoms. The first-order valence-electron chi connectivity index (χ1n) is 6.30. The molecule has 0 unspecified atom stereocenters. The molecule has 0 amide bonds. The molecule has 2 nitrogen and oxygen atoms in total. The molecule has 0 aliphatic heterocycles. The largest absolute Gasteiger partial charge is 0.368 e. The highest BCUT2D eigenvalue weighted by Gasteiger charge is 2.14. The van der Waals surface area contributed by atoms with Gasteiger partial charge in [-0.3, -0.25) is 0 Å². The van der Waals surface area contributed by atoms with Crippen LogP contribution in [0.5, 0.6) is 0 Å². The molecule has 0 spiro atoms. The Labute approximate surface area is 107 Å². The molecule has 94 valence electrons. The predicted octanol–water partition coefficient (Wildman–Crippen LogP) is 4.26. The molecule has 1 fully saturated rings. The molecule has 0 radical (unpaired) electrons. The Morgan fingerprint density at radius 1 is 1.41 bits per heavy atom. The highest BCUT2D eigenvalue weighted by molar-refractivity contribution is 6.30. The number of anilines is 1. The molecule has 1 saturated carbocycles. The normalized spacial score (nSPS) is 16.4. The second-order valence-corrected chi connectivity index (χ2v) is 5.14. The minimum absolute atomic E-state index is 0.306. The minimum Gasteiger partial charge on any atom is -0.368 e. The van der Waals surface area contributed by atoms with Crippen LogP contribution in [-0.4, -0.2) is 11.5 Å². The summed E-state index contributed by atoms with van der Waals surface area (Å²) in [6, 6.07) is 1.29. The van der Waals surface area contributed by atoms with Gasteiger partial charge in [-0.25, -0.2) is 9.37 Å². The van der Waals surface area contributed by atoms with Crippen molar-refractivity contribution in [3.63, 3.8) is 0 Å². The molecule has 17 heavy (non-hydrogen) atoms. The number of nitrogens with one attached hydrogen (secondary N) is 1. The van der Waals surface area contributed by atoms with Gasteiger partial charge in [0.05, 0.1) is 5.02 Å². The Bertz CT molecular complexity index is 364. The lowest BCUT2D eigenvalue weighted by atomic mass is 10.0. The van der Waals surface area contributed by atoms with Crippen LogP contribution in [0.4, 0.5) is 10.2 Å². The van der Waals surface area contributed by atoms with Crippen molar-refractivity contribution in [3.8, 4) is 0 Å². The molecule has 1 aliphatic carbocycles. The van der Waals surface area contributed by atoms with E-state index >= 15 is 0 Å². The van der Waals surface area contributed by atoms with E-state index in [0.717, 1.165) is 18.9 Å². The fraction of sp³-hybridized carbons (Fsp3) is 0.615. The molecule has 2 rings (SSSR count). The molecule has 0 atom stereocenters. The molecule has 1 heterocycles. The van der Waals surface area contributed by atoms with E-state index in [1.165, 1.54) is 44.4 Å². The third-order valence-corrected chi connectivity index (χ3v) is 3.57. The van der Waals surface area contributed by atoms with Crippen LogP contribution in [0, 0.1) is 11.7 Å². The smallest absolute Gasteiger partial charge is 0.166 e. The standard InChI is InChI=1S/C13H18ClFN2/c14-11-8-12(15)13(17-9-11)16-7-3-6-10-4-1-2-5-10/h8-10H,1-7H2,(H,16,17). The van der Waals surface area contributed by atoms with Crippen molar-refractivity contribution >= 4 is 17.4 Å². The summed E-state index contributed by atoms with van der Waals surface area (Å²) in [5.41, 5.74) is 0. The Balaban J connectivity index is 1.70. The monoisotopic (exact) mass is 256 g/mol. The summed E-state index contributed by atoms with van der Waals surface area (Å²) in [7, 11) is 0. The van der Waals surface area contributed by atoms with Crippen molar-refractivity contribution in [1.82, 2.24) is 4.98 Å². The van der Waals surface area contributed by atoms with Crippen molar-refractivity contribution in [1.29, 1.82) is 0 Å². The fourth-order valence-corrected chi connectivity index (χ4v) is 2.59. The number of rotatable bonds is 5. The van der Waals surface area contributed by atoms with E-state index in [9.17, 15) is 4.39 Å². The van der Waals surface area contributed by atoms with Crippen LogP contribution >= 0.6 is 11.6 Å². The zero-order chi connectivity index (χ0) is 12.1. The van der Waals surface area contributed by atoms with E-state index in [2.05, 4.69) is 10.3 Å². The first-order chi connectivity index (χ1) is 8.25. The summed E-state index contributed by atoms with van der Waals surface area (Å²) in [4.78, 5) is 3.93. The van der Waals surface area contributed by atoms with Crippen molar-refractivity contribution in [2.45, 2.75) is 38.5 Å². The van der Waals surface area contributed by atoms with Crippen molar-refractivity contribution in [3.05, 3.63) is 23.1 Å². The van der Waals surface area contributed by atoms with Crippen LogP contribution in [0.1, 0.15) is 38.5 Å². The molecule has 1 aromatic heterocycles. The Morgan fingerprint density at radius 2 is 2.18 bits per heavy atom. The van der Waals surface area contributed by atoms with E-state index < -0.39 is 0 Å². The summed E-state index contributed by atoms with van der Waals surface area (Å²) in [5, 5.41) is 3.35. The van der Waals surface area contributed by atoms with E-state index in [0.29, 0.717) is 10.8 Å². The fourth-order valence-electron chi connectivity index (χ4n) is 2.44. The lowest BCUT2D eigenvalue weighted by Crippen LogP contribution is -2.07. The Hall–Kier alpha value is -0.830. The maximum Gasteiger partial charge on any atom is 0.166 e. The van der Waals surface area contributed by atoms with Gasteiger partial charge in [0, 0.05) is 12.7 Å². The summed E-state index contributed by atoms with van der Waals surface area (Å²) >= 11 is 5.63. The van der Waals surface area contributed by atoms with Crippen molar-refractivity contribution < 1.29 is 4.39 Å². The number of pyridine rings is 1. The quantitative estimate of drug-likeness (QED) is 0.797. The Morgan fingerprint density at radius 3 is 2.88 bits per heavy atom. The van der Waals surface area contributed by atoms with Crippen LogP contribution in [0.3, 0.4) is 0 Å². The van der Waals surface area contributed by atoms with E-state index in [1.54, 1.807) is 0 Å². The van der Waals surface area contributed by atoms with Gasteiger partial charge in [0.15, 0.2) is 11.6 Å². The molecule has 1 aromatic rings. The van der Waals surface area contributed by atoms with E-state index in [-0.39, 0.29) is 5.82 Å². The van der Waals surface area contributed by atoms with Gasteiger partial charge in [0.25, 0.3) is 0 Å². The van der Waals surface area contributed by atoms with Gasteiger partial charge in [-0.05, 0) is 24.8 Å². The average Bonchev–Trinajstić information content (AvgIpc) is 2.79. The average molecular weight is 257 g/mol.